The minimum atomic E-state index is -3.52. The quantitative estimate of drug-likeness (QED) is 0.859. The number of hydrogen-bond donors (Lipinski definition) is 2. The van der Waals surface area contributed by atoms with E-state index in [0.29, 0.717) is 18.2 Å². The Bertz CT molecular complexity index is 552. The van der Waals surface area contributed by atoms with Crippen molar-refractivity contribution in [2.75, 3.05) is 26.7 Å². The van der Waals surface area contributed by atoms with Crippen LogP contribution in [0, 0.1) is 12.8 Å². The fourth-order valence-corrected chi connectivity index (χ4v) is 3.75. The van der Waals surface area contributed by atoms with Crippen molar-refractivity contribution in [3.63, 3.8) is 0 Å². The van der Waals surface area contributed by atoms with Gasteiger partial charge in [0.15, 0.2) is 0 Å². The van der Waals surface area contributed by atoms with E-state index in [-0.39, 0.29) is 4.90 Å². The highest BCUT2D eigenvalue weighted by Crippen LogP contribution is 2.24. The van der Waals surface area contributed by atoms with Gasteiger partial charge in [0.1, 0.15) is 10.6 Å². The number of aryl methyl sites for hydroxylation is 1. The minimum Gasteiger partial charge on any atom is -0.495 e. The van der Waals surface area contributed by atoms with E-state index >= 15 is 0 Å². The number of nitrogens with one attached hydrogen (secondary N) is 2. The molecule has 6 heteroatoms. The summed E-state index contributed by atoms with van der Waals surface area (Å²) in [4.78, 5) is 0.217. The van der Waals surface area contributed by atoms with Gasteiger partial charge in [0.2, 0.25) is 10.0 Å². The van der Waals surface area contributed by atoms with Crippen LogP contribution in [0.15, 0.2) is 23.1 Å². The highest BCUT2D eigenvalue weighted by molar-refractivity contribution is 7.89. The van der Waals surface area contributed by atoms with Crippen LogP contribution in [0.3, 0.4) is 0 Å². The van der Waals surface area contributed by atoms with Crippen molar-refractivity contribution in [3.8, 4) is 5.75 Å². The highest BCUT2D eigenvalue weighted by Gasteiger charge is 2.22. The molecule has 1 heterocycles. The first-order valence-electron chi connectivity index (χ1n) is 6.88. The molecule has 5 nitrogen and oxygen atoms in total. The van der Waals surface area contributed by atoms with Crippen LogP contribution in [0.4, 0.5) is 0 Å². The van der Waals surface area contributed by atoms with Gasteiger partial charge in [0.25, 0.3) is 0 Å². The third kappa shape index (κ3) is 3.71. The third-order valence-electron chi connectivity index (χ3n) is 3.63. The van der Waals surface area contributed by atoms with Gasteiger partial charge in [0, 0.05) is 6.54 Å². The molecule has 20 heavy (non-hydrogen) atoms. The van der Waals surface area contributed by atoms with Crippen LogP contribution in [0.5, 0.6) is 5.75 Å². The Kier molecular flexibility index (Phi) is 5.01. The molecule has 0 amide bonds. The maximum Gasteiger partial charge on any atom is 0.244 e. The second kappa shape index (κ2) is 6.56. The number of ether oxygens (including phenoxy) is 1. The van der Waals surface area contributed by atoms with Crippen LogP contribution in [-0.2, 0) is 10.0 Å². The maximum atomic E-state index is 12.4. The van der Waals surface area contributed by atoms with Crippen molar-refractivity contribution < 1.29 is 13.2 Å². The second-order valence-electron chi connectivity index (χ2n) is 5.20. The Morgan fingerprint density at radius 1 is 1.35 bits per heavy atom. The molecule has 1 aromatic rings. The molecule has 0 aromatic heterocycles. The van der Waals surface area contributed by atoms with Crippen molar-refractivity contribution in [1.29, 1.82) is 0 Å². The summed E-state index contributed by atoms with van der Waals surface area (Å²) in [6, 6.07) is 5.17. The molecule has 1 saturated heterocycles. The van der Waals surface area contributed by atoms with E-state index in [4.69, 9.17) is 4.74 Å². The van der Waals surface area contributed by atoms with Gasteiger partial charge in [-0.05, 0) is 56.5 Å². The Hall–Kier alpha value is -1.11. The highest BCUT2D eigenvalue weighted by atomic mass is 32.2. The van der Waals surface area contributed by atoms with E-state index in [0.717, 1.165) is 31.5 Å². The van der Waals surface area contributed by atoms with Gasteiger partial charge < -0.3 is 10.1 Å². The molecule has 1 aromatic carbocycles. The molecular weight excluding hydrogens is 276 g/mol. The third-order valence-corrected chi connectivity index (χ3v) is 5.07. The molecule has 1 aliphatic rings. The van der Waals surface area contributed by atoms with Gasteiger partial charge in [-0.1, -0.05) is 6.07 Å². The lowest BCUT2D eigenvalue weighted by molar-refractivity contribution is 0.371. The Labute approximate surface area is 120 Å². The summed E-state index contributed by atoms with van der Waals surface area (Å²) >= 11 is 0. The molecule has 2 rings (SSSR count). The first kappa shape index (κ1) is 15.3. The molecule has 2 N–H and O–H groups in total. The average molecular weight is 298 g/mol. The number of methoxy groups -OCH3 is 1. The Morgan fingerprint density at radius 3 is 2.70 bits per heavy atom. The predicted molar refractivity (Wildman–Crippen MR) is 78.5 cm³/mol. The first-order chi connectivity index (χ1) is 9.53. The van der Waals surface area contributed by atoms with Gasteiger partial charge >= 0.3 is 0 Å². The molecule has 0 atom stereocenters. The normalized spacial score (nSPS) is 17.1. The van der Waals surface area contributed by atoms with E-state index in [2.05, 4.69) is 10.0 Å². The summed E-state index contributed by atoms with van der Waals surface area (Å²) in [7, 11) is -2.04. The van der Waals surface area contributed by atoms with Crippen molar-refractivity contribution >= 4 is 10.0 Å². The molecule has 0 radical (unpaired) electrons. The largest absolute Gasteiger partial charge is 0.495 e. The van der Waals surface area contributed by atoms with Crippen LogP contribution in [-0.4, -0.2) is 35.2 Å². The zero-order valence-corrected chi connectivity index (χ0v) is 12.8. The topological polar surface area (TPSA) is 67.4 Å². The molecule has 0 saturated carbocycles. The molecule has 0 spiro atoms. The monoisotopic (exact) mass is 298 g/mol. The summed E-state index contributed by atoms with van der Waals surface area (Å²) in [5, 5.41) is 3.27. The number of benzene rings is 1. The average Bonchev–Trinajstić information content (AvgIpc) is 2.46. The molecule has 1 aliphatic heterocycles. The standard InChI is InChI=1S/C14H22N2O3S/c1-11-3-4-13(19-2)14(9-11)20(17,18)16-10-12-5-7-15-8-6-12/h3-4,9,12,15-16H,5-8,10H2,1-2H3. The zero-order valence-electron chi connectivity index (χ0n) is 12.0. The van der Waals surface area contributed by atoms with E-state index in [1.54, 1.807) is 12.1 Å². The van der Waals surface area contributed by atoms with Gasteiger partial charge in [-0.25, -0.2) is 13.1 Å². The maximum absolute atomic E-state index is 12.4. The number of piperidine rings is 1. The van der Waals surface area contributed by atoms with Gasteiger partial charge in [-0.2, -0.15) is 0 Å². The van der Waals surface area contributed by atoms with Crippen molar-refractivity contribution in [2.45, 2.75) is 24.7 Å². The predicted octanol–water partition coefficient (Wildman–Crippen LogP) is 1.28. The fraction of sp³-hybridized carbons (Fsp3) is 0.571. The summed E-state index contributed by atoms with van der Waals surface area (Å²) in [6.45, 7) is 4.27. The molecule has 0 aliphatic carbocycles. The molecule has 1 fully saturated rings. The van der Waals surface area contributed by atoms with Crippen LogP contribution in [0.1, 0.15) is 18.4 Å². The van der Waals surface area contributed by atoms with Crippen LogP contribution >= 0.6 is 0 Å². The lowest BCUT2D eigenvalue weighted by Gasteiger charge is -2.23. The smallest absolute Gasteiger partial charge is 0.244 e. The van der Waals surface area contributed by atoms with Crippen LogP contribution < -0.4 is 14.8 Å². The van der Waals surface area contributed by atoms with Crippen LogP contribution in [0.2, 0.25) is 0 Å². The van der Waals surface area contributed by atoms with E-state index < -0.39 is 10.0 Å². The lowest BCUT2D eigenvalue weighted by Crippen LogP contribution is -2.36. The number of rotatable bonds is 5. The van der Waals surface area contributed by atoms with Gasteiger partial charge in [-0.3, -0.25) is 0 Å². The van der Waals surface area contributed by atoms with Crippen molar-refractivity contribution in [3.05, 3.63) is 23.8 Å². The summed E-state index contributed by atoms with van der Waals surface area (Å²) in [5.74, 6) is 0.787. The Balaban J connectivity index is 2.11. The number of sulfonamides is 1. The Morgan fingerprint density at radius 2 is 2.05 bits per heavy atom. The van der Waals surface area contributed by atoms with Gasteiger partial charge in [0.05, 0.1) is 7.11 Å². The fourth-order valence-electron chi connectivity index (χ4n) is 2.39. The lowest BCUT2D eigenvalue weighted by atomic mass is 9.99. The summed E-state index contributed by atoms with van der Waals surface area (Å²) in [5.41, 5.74) is 0.896. The first-order valence-corrected chi connectivity index (χ1v) is 8.36. The molecule has 0 bridgehead atoms. The molecular formula is C14H22N2O3S. The van der Waals surface area contributed by atoms with E-state index in [9.17, 15) is 8.42 Å². The second-order valence-corrected chi connectivity index (χ2v) is 6.93. The van der Waals surface area contributed by atoms with E-state index in [1.807, 2.05) is 13.0 Å². The minimum absolute atomic E-state index is 0.217. The number of hydrogen-bond acceptors (Lipinski definition) is 4. The molecule has 112 valence electrons. The summed E-state index contributed by atoms with van der Waals surface area (Å²) < 4.78 is 32.7. The summed E-state index contributed by atoms with van der Waals surface area (Å²) in [6.07, 6.45) is 2.01. The van der Waals surface area contributed by atoms with Crippen LogP contribution in [0.25, 0.3) is 0 Å². The van der Waals surface area contributed by atoms with Crippen molar-refractivity contribution in [1.82, 2.24) is 10.0 Å². The zero-order chi connectivity index (χ0) is 14.6. The molecule has 0 unspecified atom stereocenters. The van der Waals surface area contributed by atoms with Crippen molar-refractivity contribution in [2.24, 2.45) is 5.92 Å². The van der Waals surface area contributed by atoms with E-state index in [1.165, 1.54) is 7.11 Å². The SMILES string of the molecule is COc1ccc(C)cc1S(=O)(=O)NCC1CCNCC1. The van der Waals surface area contributed by atoms with Gasteiger partial charge in [-0.15, -0.1) is 0 Å².